The van der Waals surface area contributed by atoms with Gasteiger partial charge in [-0.1, -0.05) is 18.1 Å². The van der Waals surface area contributed by atoms with E-state index in [1.165, 1.54) is 5.56 Å². The third-order valence-electron chi connectivity index (χ3n) is 4.42. The number of benzene rings is 2. The topological polar surface area (TPSA) is 84.0 Å². The van der Waals surface area contributed by atoms with E-state index in [2.05, 4.69) is 26.9 Å². The molecule has 0 aliphatic carbocycles. The first-order valence-corrected chi connectivity index (χ1v) is 10.2. The van der Waals surface area contributed by atoms with Crippen LogP contribution in [0.25, 0.3) is 0 Å². The number of aliphatic imine (C=N–C) groups is 1. The highest BCUT2D eigenvalue weighted by Crippen LogP contribution is 2.28. The third kappa shape index (κ3) is 9.06. The molecule has 172 valence electrons. The zero-order chi connectivity index (χ0) is 22.5. The average Bonchev–Trinajstić information content (AvgIpc) is 2.79. The number of halogens is 1. The molecule has 0 bridgehead atoms. The van der Waals surface area contributed by atoms with E-state index in [0.717, 1.165) is 24.3 Å². The minimum Gasteiger partial charge on any atom is -0.493 e. The van der Waals surface area contributed by atoms with Gasteiger partial charge in [0.2, 0.25) is 5.91 Å². The lowest BCUT2D eigenvalue weighted by molar-refractivity contribution is -0.115. The molecule has 0 aromatic heterocycles. The number of anilines is 1. The van der Waals surface area contributed by atoms with E-state index < -0.39 is 0 Å². The van der Waals surface area contributed by atoms with E-state index in [1.807, 2.05) is 31.2 Å². The first-order valence-electron chi connectivity index (χ1n) is 10.2. The van der Waals surface area contributed by atoms with Crippen molar-refractivity contribution in [3.8, 4) is 23.8 Å². The molecular weight excluding hydrogens is 519 g/mol. The molecule has 3 N–H and O–H groups in total. The van der Waals surface area contributed by atoms with E-state index in [-0.39, 0.29) is 36.4 Å². The highest BCUT2D eigenvalue weighted by atomic mass is 127. The van der Waals surface area contributed by atoms with Gasteiger partial charge in [-0.05, 0) is 55.7 Å². The van der Waals surface area contributed by atoms with Crippen LogP contribution in [0, 0.1) is 12.3 Å². The highest BCUT2D eigenvalue weighted by molar-refractivity contribution is 14.0. The zero-order valence-electron chi connectivity index (χ0n) is 18.7. The number of guanidine groups is 1. The van der Waals surface area contributed by atoms with Gasteiger partial charge in [-0.25, -0.2) is 0 Å². The molecule has 2 aromatic carbocycles. The molecule has 2 rings (SSSR count). The second kappa shape index (κ2) is 15.0. The summed E-state index contributed by atoms with van der Waals surface area (Å²) in [7, 11) is 3.30. The number of hydrogen-bond donors (Lipinski definition) is 3. The Hall–Kier alpha value is -2.93. The molecule has 0 radical (unpaired) electrons. The maximum atomic E-state index is 12.2. The number of ether oxygens (including phenoxy) is 2. The summed E-state index contributed by atoms with van der Waals surface area (Å²) < 4.78 is 10.9. The Morgan fingerprint density at radius 1 is 1.16 bits per heavy atom. The Bertz CT molecular complexity index is 941. The van der Waals surface area contributed by atoms with Crippen LogP contribution in [0.2, 0.25) is 0 Å². The Morgan fingerprint density at radius 2 is 1.97 bits per heavy atom. The first kappa shape index (κ1) is 27.1. The number of nitrogens with one attached hydrogen (secondary N) is 3. The summed E-state index contributed by atoms with van der Waals surface area (Å²) in [4.78, 5) is 16.3. The Balaban J connectivity index is 0.00000512. The van der Waals surface area contributed by atoms with Gasteiger partial charge < -0.3 is 25.4 Å². The van der Waals surface area contributed by atoms with Crippen molar-refractivity contribution in [3.05, 3.63) is 53.6 Å². The van der Waals surface area contributed by atoms with Gasteiger partial charge >= 0.3 is 0 Å². The maximum Gasteiger partial charge on any atom is 0.243 e. The van der Waals surface area contributed by atoms with Crippen LogP contribution in [0.1, 0.15) is 24.5 Å². The second-order valence-electron chi connectivity index (χ2n) is 6.65. The normalized spacial score (nSPS) is 10.4. The second-order valence-corrected chi connectivity index (χ2v) is 6.65. The Kier molecular flexibility index (Phi) is 12.7. The van der Waals surface area contributed by atoms with Crippen LogP contribution in [0.15, 0.2) is 47.5 Å². The Labute approximate surface area is 207 Å². The molecule has 0 fully saturated rings. The molecule has 2 aromatic rings. The summed E-state index contributed by atoms with van der Waals surface area (Å²) in [6, 6.07) is 13.1. The number of nitrogens with zero attached hydrogens (tertiary/aromatic N) is 1. The summed E-state index contributed by atoms with van der Waals surface area (Å²) in [6.07, 6.45) is 7.15. The quantitative estimate of drug-likeness (QED) is 0.139. The first-order chi connectivity index (χ1) is 15.1. The van der Waals surface area contributed by atoms with Crippen molar-refractivity contribution in [1.82, 2.24) is 10.6 Å². The van der Waals surface area contributed by atoms with Crippen molar-refractivity contribution in [2.45, 2.75) is 19.8 Å². The van der Waals surface area contributed by atoms with Gasteiger partial charge in [0.15, 0.2) is 17.5 Å². The predicted molar refractivity (Wildman–Crippen MR) is 140 cm³/mol. The molecule has 0 spiro atoms. The lowest BCUT2D eigenvalue weighted by Gasteiger charge is -2.13. The van der Waals surface area contributed by atoms with Crippen molar-refractivity contribution in [2.24, 2.45) is 4.99 Å². The van der Waals surface area contributed by atoms with Crippen LogP contribution in [-0.4, -0.2) is 45.7 Å². The van der Waals surface area contributed by atoms with E-state index in [4.69, 9.17) is 15.9 Å². The van der Waals surface area contributed by atoms with Crippen LogP contribution >= 0.6 is 24.0 Å². The fourth-order valence-corrected chi connectivity index (χ4v) is 2.92. The van der Waals surface area contributed by atoms with E-state index >= 15 is 0 Å². The molecule has 0 unspecified atom stereocenters. The standard InChI is InChI=1S/C24H30N4O3.HI/c1-5-18-9-7-11-20(15-18)28-23(29)17-27-24(25-3)26-14-8-10-19-12-13-21(30-4)22(16-19)31-6-2;/h1,7,9,11-13,15-16H,6,8,10,14,17H2,2-4H3,(H,28,29)(H2,25,26,27);1H. The van der Waals surface area contributed by atoms with Crippen molar-refractivity contribution in [2.75, 3.05) is 39.2 Å². The number of carbonyl (C=O) groups excluding carboxylic acids is 1. The minimum atomic E-state index is -0.182. The van der Waals surface area contributed by atoms with Crippen LogP contribution in [0.3, 0.4) is 0 Å². The third-order valence-corrected chi connectivity index (χ3v) is 4.42. The van der Waals surface area contributed by atoms with Gasteiger partial charge in [-0.2, -0.15) is 0 Å². The smallest absolute Gasteiger partial charge is 0.243 e. The van der Waals surface area contributed by atoms with Crippen LogP contribution in [0.5, 0.6) is 11.5 Å². The molecule has 32 heavy (non-hydrogen) atoms. The molecule has 1 amide bonds. The summed E-state index contributed by atoms with van der Waals surface area (Å²) in [5.74, 6) is 4.42. The van der Waals surface area contributed by atoms with Crippen molar-refractivity contribution in [3.63, 3.8) is 0 Å². The van der Waals surface area contributed by atoms with Crippen LogP contribution in [0.4, 0.5) is 5.69 Å². The average molecular weight is 550 g/mol. The number of amides is 1. The zero-order valence-corrected chi connectivity index (χ0v) is 21.1. The minimum absolute atomic E-state index is 0. The number of rotatable bonds is 10. The summed E-state index contributed by atoms with van der Waals surface area (Å²) in [6.45, 7) is 3.34. The fourth-order valence-electron chi connectivity index (χ4n) is 2.92. The maximum absolute atomic E-state index is 12.2. The number of carbonyl (C=O) groups is 1. The van der Waals surface area contributed by atoms with Crippen molar-refractivity contribution in [1.29, 1.82) is 0 Å². The predicted octanol–water partition coefficient (Wildman–Crippen LogP) is 3.43. The molecule has 7 nitrogen and oxygen atoms in total. The van der Waals surface area contributed by atoms with E-state index in [9.17, 15) is 4.79 Å². The molecule has 0 saturated heterocycles. The summed E-state index contributed by atoms with van der Waals surface area (Å²) >= 11 is 0. The molecular formula is C24H31IN4O3. The Morgan fingerprint density at radius 3 is 2.66 bits per heavy atom. The van der Waals surface area contributed by atoms with Gasteiger partial charge in [-0.3, -0.25) is 9.79 Å². The SMILES string of the molecule is C#Cc1cccc(NC(=O)CNC(=NC)NCCCc2ccc(OC)c(OCC)c2)c1.I. The van der Waals surface area contributed by atoms with E-state index in [1.54, 1.807) is 32.4 Å². The lowest BCUT2D eigenvalue weighted by Crippen LogP contribution is -2.41. The van der Waals surface area contributed by atoms with Gasteiger partial charge in [0.25, 0.3) is 0 Å². The van der Waals surface area contributed by atoms with Gasteiger partial charge in [0, 0.05) is 24.8 Å². The summed E-state index contributed by atoms with van der Waals surface area (Å²) in [5.41, 5.74) is 2.55. The van der Waals surface area contributed by atoms with Gasteiger partial charge in [-0.15, -0.1) is 30.4 Å². The summed E-state index contributed by atoms with van der Waals surface area (Å²) in [5, 5.41) is 9.03. The molecule has 0 heterocycles. The van der Waals surface area contributed by atoms with Gasteiger partial charge in [0.1, 0.15) is 0 Å². The molecule has 8 heteroatoms. The van der Waals surface area contributed by atoms with Gasteiger partial charge in [0.05, 0.1) is 20.3 Å². The number of hydrogen-bond acceptors (Lipinski definition) is 4. The lowest BCUT2D eigenvalue weighted by atomic mass is 10.1. The number of terminal acetylenes is 1. The molecule has 0 atom stereocenters. The van der Waals surface area contributed by atoms with Crippen LogP contribution in [-0.2, 0) is 11.2 Å². The molecule has 0 aliphatic heterocycles. The fraction of sp³-hybridized carbons (Fsp3) is 0.333. The molecule has 0 aliphatic rings. The van der Waals surface area contributed by atoms with E-state index in [0.29, 0.717) is 30.4 Å². The number of methoxy groups -OCH3 is 1. The highest BCUT2D eigenvalue weighted by Gasteiger charge is 2.07. The van der Waals surface area contributed by atoms with Crippen molar-refractivity contribution < 1.29 is 14.3 Å². The largest absolute Gasteiger partial charge is 0.493 e. The monoisotopic (exact) mass is 550 g/mol. The van der Waals surface area contributed by atoms with Crippen LogP contribution < -0.4 is 25.4 Å². The van der Waals surface area contributed by atoms with Crippen molar-refractivity contribution >= 4 is 41.5 Å². The molecule has 0 saturated carbocycles. The number of aryl methyl sites for hydroxylation is 1.